The van der Waals surface area contributed by atoms with E-state index in [1.807, 2.05) is 0 Å². The Morgan fingerprint density at radius 3 is 2.68 bits per heavy atom. The summed E-state index contributed by atoms with van der Waals surface area (Å²) in [4.78, 5) is 10.7. The van der Waals surface area contributed by atoms with Gasteiger partial charge in [-0.25, -0.2) is 4.79 Å². The molecule has 0 saturated carbocycles. The molecule has 1 aromatic carbocycles. The number of hydrogen-bond acceptors (Lipinski definition) is 3. The van der Waals surface area contributed by atoms with Gasteiger partial charge in [-0.1, -0.05) is 23.2 Å². The summed E-state index contributed by atoms with van der Waals surface area (Å²) in [5.74, 6) is -0.466. The van der Waals surface area contributed by atoms with Crippen LogP contribution in [0.25, 0.3) is 0 Å². The molecule has 4 nitrogen and oxygen atoms in total. The van der Waals surface area contributed by atoms with Crippen molar-refractivity contribution in [2.45, 2.75) is 6.61 Å². The van der Waals surface area contributed by atoms with Crippen molar-refractivity contribution in [1.29, 1.82) is 0 Å². The van der Waals surface area contributed by atoms with E-state index in [2.05, 4.69) is 15.9 Å². The molecule has 0 unspecified atom stereocenters. The van der Waals surface area contributed by atoms with Crippen molar-refractivity contribution in [2.24, 2.45) is 0 Å². The lowest BCUT2D eigenvalue weighted by molar-refractivity contribution is 0.0658. The molecule has 0 fully saturated rings. The molecule has 2 aromatic rings. The van der Waals surface area contributed by atoms with Gasteiger partial charge >= 0.3 is 5.97 Å². The molecule has 0 bridgehead atoms. The summed E-state index contributed by atoms with van der Waals surface area (Å²) in [7, 11) is 0. The fraction of sp³-hybridized carbons (Fsp3) is 0.0833. The summed E-state index contributed by atoms with van der Waals surface area (Å²) >= 11 is 15.1. The summed E-state index contributed by atoms with van der Waals surface area (Å²) in [5.41, 5.74) is 0. The van der Waals surface area contributed by atoms with Crippen molar-refractivity contribution >= 4 is 45.1 Å². The SMILES string of the molecule is O=C(O)c1ccc(COc2c(Cl)cc(Cl)cc2Br)o1. The molecule has 100 valence electrons. The van der Waals surface area contributed by atoms with Crippen molar-refractivity contribution < 1.29 is 19.1 Å². The lowest BCUT2D eigenvalue weighted by Crippen LogP contribution is -1.96. The number of halogens is 3. The molecule has 19 heavy (non-hydrogen) atoms. The normalized spacial score (nSPS) is 10.5. The number of carbonyl (C=O) groups is 1. The van der Waals surface area contributed by atoms with Gasteiger partial charge in [0.05, 0.1) is 9.50 Å². The van der Waals surface area contributed by atoms with Gasteiger partial charge < -0.3 is 14.3 Å². The van der Waals surface area contributed by atoms with Crippen molar-refractivity contribution in [3.05, 3.63) is 50.3 Å². The minimum Gasteiger partial charge on any atom is -0.483 e. The molecular formula is C12H7BrCl2O4. The Labute approximate surface area is 127 Å². The zero-order valence-corrected chi connectivity index (χ0v) is 12.4. The Kier molecular flexibility index (Phi) is 4.39. The van der Waals surface area contributed by atoms with Gasteiger partial charge in [0.2, 0.25) is 5.76 Å². The molecule has 0 radical (unpaired) electrons. The van der Waals surface area contributed by atoms with E-state index in [1.165, 1.54) is 12.1 Å². The molecule has 7 heteroatoms. The van der Waals surface area contributed by atoms with E-state index in [0.717, 1.165) is 0 Å². The molecule has 2 rings (SSSR count). The van der Waals surface area contributed by atoms with Gasteiger partial charge in [-0.2, -0.15) is 0 Å². The maximum atomic E-state index is 10.7. The first kappa shape index (κ1) is 14.2. The van der Waals surface area contributed by atoms with Crippen molar-refractivity contribution in [3.63, 3.8) is 0 Å². The third-order valence-electron chi connectivity index (χ3n) is 2.19. The van der Waals surface area contributed by atoms with Gasteiger partial charge in [0.25, 0.3) is 0 Å². The van der Waals surface area contributed by atoms with Crippen LogP contribution < -0.4 is 4.74 Å². The predicted molar refractivity (Wildman–Crippen MR) is 74.2 cm³/mol. The lowest BCUT2D eigenvalue weighted by atomic mass is 10.3. The Hall–Kier alpha value is -1.17. The molecular weight excluding hydrogens is 359 g/mol. The number of hydrogen-bond donors (Lipinski definition) is 1. The average molecular weight is 366 g/mol. The molecule has 0 atom stereocenters. The summed E-state index contributed by atoms with van der Waals surface area (Å²) in [6.07, 6.45) is 0. The van der Waals surface area contributed by atoms with Crippen LogP contribution in [0.15, 0.2) is 33.2 Å². The highest BCUT2D eigenvalue weighted by molar-refractivity contribution is 9.10. The third-order valence-corrected chi connectivity index (χ3v) is 3.28. The average Bonchev–Trinajstić information content (AvgIpc) is 2.76. The number of rotatable bonds is 4. The predicted octanol–water partition coefficient (Wildman–Crippen LogP) is 4.63. The number of carboxylic acids is 1. The topological polar surface area (TPSA) is 59.7 Å². The maximum absolute atomic E-state index is 10.7. The fourth-order valence-corrected chi connectivity index (χ4v) is 2.75. The monoisotopic (exact) mass is 364 g/mol. The second-order valence-electron chi connectivity index (χ2n) is 3.56. The summed E-state index contributed by atoms with van der Waals surface area (Å²) in [5, 5.41) is 9.56. The highest BCUT2D eigenvalue weighted by atomic mass is 79.9. The minimum absolute atomic E-state index is 0.0627. The first-order valence-electron chi connectivity index (χ1n) is 5.06. The van der Waals surface area contributed by atoms with Crippen molar-refractivity contribution in [2.75, 3.05) is 0 Å². The van der Waals surface area contributed by atoms with Crippen molar-refractivity contribution in [1.82, 2.24) is 0 Å². The van der Waals surface area contributed by atoms with Crippen LogP contribution in [0, 0.1) is 0 Å². The first-order chi connectivity index (χ1) is 8.97. The smallest absolute Gasteiger partial charge is 0.371 e. The van der Waals surface area contributed by atoms with Crippen LogP contribution in [0.1, 0.15) is 16.3 Å². The van der Waals surface area contributed by atoms with Crippen molar-refractivity contribution in [3.8, 4) is 5.75 Å². The van der Waals surface area contributed by atoms with Crippen LogP contribution in [-0.4, -0.2) is 11.1 Å². The maximum Gasteiger partial charge on any atom is 0.371 e. The van der Waals surface area contributed by atoms with Crippen LogP contribution in [0.4, 0.5) is 0 Å². The van der Waals surface area contributed by atoms with E-state index in [4.69, 9.17) is 37.5 Å². The number of benzene rings is 1. The number of ether oxygens (including phenoxy) is 1. The zero-order valence-electron chi connectivity index (χ0n) is 9.32. The molecule has 0 saturated heterocycles. The lowest BCUT2D eigenvalue weighted by Gasteiger charge is -2.09. The Balaban J connectivity index is 2.12. The molecule has 0 aliphatic carbocycles. The standard InChI is InChI=1S/C12H7BrCl2O4/c13-8-3-6(14)4-9(15)11(8)18-5-7-1-2-10(19-7)12(16)17/h1-4H,5H2,(H,16,17). The Morgan fingerprint density at radius 1 is 1.37 bits per heavy atom. The van der Waals surface area contributed by atoms with Gasteiger partial charge in [-0.3, -0.25) is 0 Å². The fourth-order valence-electron chi connectivity index (χ4n) is 1.38. The second kappa shape index (κ2) is 5.86. The second-order valence-corrected chi connectivity index (χ2v) is 5.26. The summed E-state index contributed by atoms with van der Waals surface area (Å²) in [6, 6.07) is 6.09. The van der Waals surface area contributed by atoms with Crippen LogP contribution in [0.3, 0.4) is 0 Å². The van der Waals surface area contributed by atoms with Gasteiger partial charge in [0.15, 0.2) is 5.75 Å². The van der Waals surface area contributed by atoms with E-state index in [-0.39, 0.29) is 12.4 Å². The summed E-state index contributed by atoms with van der Waals surface area (Å²) in [6.45, 7) is 0.0627. The van der Waals surface area contributed by atoms with Crippen LogP contribution >= 0.6 is 39.1 Å². The van der Waals surface area contributed by atoms with E-state index < -0.39 is 5.97 Å². The first-order valence-corrected chi connectivity index (χ1v) is 6.61. The molecule has 0 aliphatic rings. The quantitative estimate of drug-likeness (QED) is 0.858. The van der Waals surface area contributed by atoms with Crippen LogP contribution in [0.5, 0.6) is 5.75 Å². The minimum atomic E-state index is -1.13. The number of carboxylic acid groups (broad SMARTS) is 1. The molecule has 0 aliphatic heterocycles. The largest absolute Gasteiger partial charge is 0.483 e. The van der Waals surface area contributed by atoms with Gasteiger partial charge in [0, 0.05) is 5.02 Å². The molecule has 1 aromatic heterocycles. The third kappa shape index (κ3) is 3.43. The van der Waals surface area contributed by atoms with Crippen LogP contribution in [0.2, 0.25) is 10.0 Å². The van der Waals surface area contributed by atoms with Crippen LogP contribution in [-0.2, 0) is 6.61 Å². The Bertz CT molecular complexity index is 601. The van der Waals surface area contributed by atoms with E-state index >= 15 is 0 Å². The highest BCUT2D eigenvalue weighted by Crippen LogP contribution is 2.36. The van der Waals surface area contributed by atoms with E-state index in [0.29, 0.717) is 26.0 Å². The number of furan rings is 1. The highest BCUT2D eigenvalue weighted by Gasteiger charge is 2.12. The molecule has 0 amide bonds. The molecule has 1 N–H and O–H groups in total. The molecule has 1 heterocycles. The molecule has 0 spiro atoms. The Morgan fingerprint density at radius 2 is 2.11 bits per heavy atom. The zero-order chi connectivity index (χ0) is 14.0. The summed E-state index contributed by atoms with van der Waals surface area (Å²) < 4.78 is 11.1. The van der Waals surface area contributed by atoms with Gasteiger partial charge in [0.1, 0.15) is 12.4 Å². The van der Waals surface area contributed by atoms with E-state index in [9.17, 15) is 4.79 Å². The van der Waals surface area contributed by atoms with Gasteiger partial charge in [-0.15, -0.1) is 0 Å². The number of aromatic carboxylic acids is 1. The van der Waals surface area contributed by atoms with Gasteiger partial charge in [-0.05, 0) is 40.2 Å². The van der Waals surface area contributed by atoms with E-state index in [1.54, 1.807) is 12.1 Å².